The van der Waals surface area contributed by atoms with Crippen LogP contribution in [-0.2, 0) is 16.1 Å². The van der Waals surface area contributed by atoms with Crippen molar-refractivity contribution in [3.05, 3.63) is 29.3 Å². The Morgan fingerprint density at radius 2 is 2.33 bits per heavy atom. The van der Waals surface area contributed by atoms with E-state index >= 15 is 0 Å². The Morgan fingerprint density at radius 3 is 3.00 bits per heavy atom. The van der Waals surface area contributed by atoms with Gasteiger partial charge < -0.3 is 14.4 Å². The van der Waals surface area contributed by atoms with E-state index in [-0.39, 0.29) is 6.04 Å². The van der Waals surface area contributed by atoms with Gasteiger partial charge in [-0.15, -0.1) is 0 Å². The van der Waals surface area contributed by atoms with Crippen molar-refractivity contribution >= 4 is 12.4 Å². The number of carbonyl (C=O) groups is 2. The normalized spacial score (nSPS) is 18.3. The Balaban J connectivity index is 2.32. The quantitative estimate of drug-likeness (QED) is 0.584. The van der Waals surface area contributed by atoms with E-state index in [9.17, 15) is 9.59 Å². The first-order valence-corrected chi connectivity index (χ1v) is 5.70. The van der Waals surface area contributed by atoms with Gasteiger partial charge in [0, 0.05) is 12.1 Å². The van der Waals surface area contributed by atoms with Crippen LogP contribution in [0, 0.1) is 0 Å². The highest BCUT2D eigenvalue weighted by Crippen LogP contribution is 2.26. The molecule has 18 heavy (non-hydrogen) atoms. The Bertz CT molecular complexity index is 472. The highest BCUT2D eigenvalue weighted by atomic mass is 16.5. The second kappa shape index (κ2) is 5.08. The molecular formula is C13H15NO4. The molecule has 0 N–H and O–H groups in total. The highest BCUT2D eigenvalue weighted by Gasteiger charge is 2.21. The topological polar surface area (TPSA) is 55.8 Å². The molecule has 1 aliphatic rings. The minimum Gasteiger partial charge on any atom is -0.491 e. The zero-order valence-corrected chi connectivity index (χ0v) is 10.4. The van der Waals surface area contributed by atoms with Crippen LogP contribution in [0.5, 0.6) is 5.75 Å². The van der Waals surface area contributed by atoms with Crippen molar-refractivity contribution in [2.75, 3.05) is 13.7 Å². The molecule has 1 amide bonds. The van der Waals surface area contributed by atoms with E-state index in [2.05, 4.69) is 4.74 Å². The maximum Gasteiger partial charge on any atom is 0.337 e. The fourth-order valence-corrected chi connectivity index (χ4v) is 1.86. The smallest absolute Gasteiger partial charge is 0.337 e. The Labute approximate surface area is 105 Å². The van der Waals surface area contributed by atoms with E-state index in [1.165, 1.54) is 7.11 Å². The number of esters is 1. The number of benzene rings is 1. The van der Waals surface area contributed by atoms with Crippen LogP contribution >= 0.6 is 0 Å². The lowest BCUT2D eigenvalue weighted by Gasteiger charge is -2.20. The molecule has 0 aromatic heterocycles. The molecule has 0 spiro atoms. The van der Waals surface area contributed by atoms with E-state index in [4.69, 9.17) is 4.74 Å². The predicted octanol–water partition coefficient (Wildman–Crippen LogP) is 1.21. The number of methoxy groups -OCH3 is 1. The van der Waals surface area contributed by atoms with E-state index in [0.29, 0.717) is 24.5 Å². The molecule has 96 valence electrons. The molecule has 1 aromatic rings. The lowest BCUT2D eigenvalue weighted by molar-refractivity contribution is -0.120. The fourth-order valence-electron chi connectivity index (χ4n) is 1.86. The maximum absolute atomic E-state index is 11.4. The number of carbonyl (C=O) groups excluding carboxylic acids is 2. The van der Waals surface area contributed by atoms with Crippen LogP contribution in [0.15, 0.2) is 18.2 Å². The first-order chi connectivity index (χ1) is 8.65. The molecule has 0 saturated heterocycles. The van der Waals surface area contributed by atoms with Gasteiger partial charge in [0.1, 0.15) is 12.4 Å². The largest absolute Gasteiger partial charge is 0.491 e. The molecule has 1 atom stereocenters. The minimum atomic E-state index is -0.397. The summed E-state index contributed by atoms with van der Waals surface area (Å²) in [7, 11) is 1.34. The molecule has 0 aliphatic carbocycles. The van der Waals surface area contributed by atoms with Crippen LogP contribution in [0.25, 0.3) is 0 Å². The summed E-state index contributed by atoms with van der Waals surface area (Å²) in [5.41, 5.74) is 1.34. The van der Waals surface area contributed by atoms with Gasteiger partial charge in [-0.3, -0.25) is 4.79 Å². The number of amides is 1. The molecule has 0 bridgehead atoms. The van der Waals surface area contributed by atoms with Crippen molar-refractivity contribution in [1.82, 2.24) is 4.90 Å². The van der Waals surface area contributed by atoms with Crippen molar-refractivity contribution in [2.45, 2.75) is 19.5 Å². The molecular weight excluding hydrogens is 234 g/mol. The number of nitrogens with zero attached hydrogens (tertiary/aromatic N) is 1. The second-order valence-corrected chi connectivity index (χ2v) is 4.25. The number of hydrogen-bond acceptors (Lipinski definition) is 4. The van der Waals surface area contributed by atoms with Crippen molar-refractivity contribution in [3.63, 3.8) is 0 Å². The monoisotopic (exact) mass is 249 g/mol. The zero-order chi connectivity index (χ0) is 13.1. The van der Waals surface area contributed by atoms with Gasteiger partial charge in [-0.2, -0.15) is 0 Å². The second-order valence-electron chi connectivity index (χ2n) is 4.25. The summed E-state index contributed by atoms with van der Waals surface area (Å²) in [5, 5.41) is 0. The van der Waals surface area contributed by atoms with E-state index < -0.39 is 5.97 Å². The molecule has 1 aromatic carbocycles. The Morgan fingerprint density at radius 1 is 1.56 bits per heavy atom. The number of ether oxygens (including phenoxy) is 2. The van der Waals surface area contributed by atoms with Crippen LogP contribution in [-0.4, -0.2) is 37.0 Å². The van der Waals surface area contributed by atoms with Crippen LogP contribution in [0.3, 0.4) is 0 Å². The molecule has 0 fully saturated rings. The summed E-state index contributed by atoms with van der Waals surface area (Å²) in [5.74, 6) is 0.236. The van der Waals surface area contributed by atoms with Crippen molar-refractivity contribution < 1.29 is 19.1 Å². The van der Waals surface area contributed by atoms with Crippen LogP contribution in [0.2, 0.25) is 0 Å². The number of fused-ring (bicyclic) bond motifs is 1. The van der Waals surface area contributed by atoms with Gasteiger partial charge in [-0.05, 0) is 19.1 Å². The molecule has 0 unspecified atom stereocenters. The Kier molecular flexibility index (Phi) is 3.50. The molecule has 5 heteroatoms. The summed E-state index contributed by atoms with van der Waals surface area (Å²) in [6.45, 7) is 2.82. The lowest BCUT2D eigenvalue weighted by Crippen LogP contribution is -2.33. The van der Waals surface area contributed by atoms with E-state index in [1.54, 1.807) is 23.1 Å². The standard InChI is InChI=1S/C13H15NO4/c1-9-7-18-12-5-10(13(16)17-2)3-4-11(12)6-14(9)8-15/h3-5,8-9H,6-7H2,1-2H3/t9-/m0/s1. The third-order valence-electron chi connectivity index (χ3n) is 3.02. The molecule has 5 nitrogen and oxygen atoms in total. The van der Waals surface area contributed by atoms with Gasteiger partial charge in [-0.25, -0.2) is 4.79 Å². The summed E-state index contributed by atoms with van der Waals surface area (Å²) in [6.07, 6.45) is 0.817. The lowest BCUT2D eigenvalue weighted by atomic mass is 10.1. The van der Waals surface area contributed by atoms with Gasteiger partial charge in [0.2, 0.25) is 6.41 Å². The molecule has 0 radical (unpaired) electrons. The predicted molar refractivity (Wildman–Crippen MR) is 64.3 cm³/mol. The summed E-state index contributed by atoms with van der Waals surface area (Å²) < 4.78 is 10.3. The Hall–Kier alpha value is -2.04. The van der Waals surface area contributed by atoms with Crippen molar-refractivity contribution in [1.29, 1.82) is 0 Å². The third kappa shape index (κ3) is 2.30. The first kappa shape index (κ1) is 12.4. The van der Waals surface area contributed by atoms with Crippen molar-refractivity contribution in [2.24, 2.45) is 0 Å². The van der Waals surface area contributed by atoms with E-state index in [0.717, 1.165) is 12.0 Å². The van der Waals surface area contributed by atoms with Crippen molar-refractivity contribution in [3.8, 4) is 5.75 Å². The average Bonchev–Trinajstić information content (AvgIpc) is 2.56. The third-order valence-corrected chi connectivity index (χ3v) is 3.02. The van der Waals surface area contributed by atoms with Gasteiger partial charge >= 0.3 is 5.97 Å². The molecule has 1 aliphatic heterocycles. The minimum absolute atomic E-state index is 0.0106. The van der Waals surface area contributed by atoms with Crippen LogP contribution in [0.4, 0.5) is 0 Å². The van der Waals surface area contributed by atoms with Gasteiger partial charge in [0.25, 0.3) is 0 Å². The average molecular weight is 249 g/mol. The molecule has 2 rings (SSSR count). The summed E-state index contributed by atoms with van der Waals surface area (Å²) in [4.78, 5) is 24.0. The van der Waals surface area contributed by atoms with Gasteiger partial charge in [0.05, 0.1) is 18.7 Å². The maximum atomic E-state index is 11.4. The first-order valence-electron chi connectivity index (χ1n) is 5.70. The summed E-state index contributed by atoms with van der Waals surface area (Å²) in [6, 6.07) is 5.13. The summed E-state index contributed by atoms with van der Waals surface area (Å²) >= 11 is 0. The SMILES string of the molecule is COC(=O)c1ccc2c(c1)OC[C@H](C)N(C=O)C2. The number of hydrogen-bond donors (Lipinski definition) is 0. The fraction of sp³-hybridized carbons (Fsp3) is 0.385. The zero-order valence-electron chi connectivity index (χ0n) is 10.4. The molecule has 1 heterocycles. The number of rotatable bonds is 2. The molecule has 0 saturated carbocycles. The van der Waals surface area contributed by atoms with Gasteiger partial charge in [-0.1, -0.05) is 6.07 Å². The van der Waals surface area contributed by atoms with Gasteiger partial charge in [0.15, 0.2) is 0 Å². The van der Waals surface area contributed by atoms with Crippen LogP contribution in [0.1, 0.15) is 22.8 Å². The highest BCUT2D eigenvalue weighted by molar-refractivity contribution is 5.89. The van der Waals surface area contributed by atoms with Crippen LogP contribution < -0.4 is 4.74 Å². The van der Waals surface area contributed by atoms with E-state index in [1.807, 2.05) is 6.92 Å².